The second-order valence-electron chi connectivity index (χ2n) is 6.62. The maximum atomic E-state index is 10.8. The minimum atomic E-state index is -1.20. The number of aromatic nitrogens is 3. The lowest BCUT2D eigenvalue weighted by atomic mass is 10.2. The van der Waals surface area contributed by atoms with Crippen molar-refractivity contribution in [3.05, 3.63) is 65.1 Å². The van der Waals surface area contributed by atoms with Gasteiger partial charge in [0.05, 0.1) is 24.1 Å². The monoisotopic (exact) mass is 364 g/mol. The molecular formula is C20H22N5O2-. The third-order valence-electron chi connectivity index (χ3n) is 4.36. The largest absolute Gasteiger partial charge is 0.545 e. The van der Waals surface area contributed by atoms with E-state index in [0.717, 1.165) is 22.8 Å². The molecule has 140 valence electrons. The highest BCUT2D eigenvalue weighted by Crippen LogP contribution is 2.21. The molecule has 27 heavy (non-hydrogen) atoms. The molecule has 0 aliphatic rings. The number of nitrogens with zero attached hydrogens (tertiary/aromatic N) is 4. The first-order valence-corrected chi connectivity index (χ1v) is 8.71. The van der Waals surface area contributed by atoms with Gasteiger partial charge in [-0.2, -0.15) is 10.2 Å². The van der Waals surface area contributed by atoms with E-state index < -0.39 is 5.97 Å². The van der Waals surface area contributed by atoms with Crippen LogP contribution in [-0.2, 0) is 0 Å². The zero-order valence-corrected chi connectivity index (χ0v) is 15.8. The topological polar surface area (TPSA) is 87.3 Å². The molecule has 0 saturated carbocycles. The summed E-state index contributed by atoms with van der Waals surface area (Å²) in [7, 11) is 0. The SMILES string of the molecule is Cc1cc(/C=N\Nc2ccc(C(=O)[O-])cc2)c(C)n1-c1ccnn1C(C)C. The van der Waals surface area contributed by atoms with Crippen LogP contribution in [-0.4, -0.2) is 26.5 Å². The molecule has 0 bridgehead atoms. The van der Waals surface area contributed by atoms with Crippen molar-refractivity contribution in [2.24, 2.45) is 5.10 Å². The van der Waals surface area contributed by atoms with Crippen molar-refractivity contribution >= 4 is 17.9 Å². The second kappa shape index (κ2) is 7.49. The number of aromatic carboxylic acids is 1. The maximum absolute atomic E-state index is 10.8. The van der Waals surface area contributed by atoms with Crippen LogP contribution >= 0.6 is 0 Å². The molecule has 0 atom stereocenters. The van der Waals surface area contributed by atoms with Crippen molar-refractivity contribution in [3.8, 4) is 5.82 Å². The van der Waals surface area contributed by atoms with Gasteiger partial charge in [-0.25, -0.2) is 4.68 Å². The summed E-state index contributed by atoms with van der Waals surface area (Å²) in [6.07, 6.45) is 3.56. The number of hydrogen-bond acceptors (Lipinski definition) is 5. The molecule has 3 aromatic rings. The molecule has 3 rings (SSSR count). The van der Waals surface area contributed by atoms with E-state index in [1.165, 1.54) is 12.1 Å². The minimum Gasteiger partial charge on any atom is -0.545 e. The summed E-state index contributed by atoms with van der Waals surface area (Å²) >= 11 is 0. The van der Waals surface area contributed by atoms with Gasteiger partial charge in [0.25, 0.3) is 0 Å². The van der Waals surface area contributed by atoms with Crippen LogP contribution in [0.3, 0.4) is 0 Å². The van der Waals surface area contributed by atoms with Crippen LogP contribution in [0.25, 0.3) is 5.82 Å². The number of benzene rings is 1. The molecule has 0 spiro atoms. The third kappa shape index (κ3) is 3.76. The van der Waals surface area contributed by atoms with Crippen LogP contribution in [0.15, 0.2) is 47.7 Å². The molecule has 2 heterocycles. The van der Waals surface area contributed by atoms with Crippen LogP contribution in [0.2, 0.25) is 0 Å². The Labute approximate surface area is 157 Å². The molecule has 0 saturated heterocycles. The number of nitrogens with one attached hydrogen (secondary N) is 1. The van der Waals surface area contributed by atoms with E-state index in [4.69, 9.17) is 0 Å². The lowest BCUT2D eigenvalue weighted by Gasteiger charge is -2.15. The van der Waals surface area contributed by atoms with Gasteiger partial charge in [0.15, 0.2) is 0 Å². The lowest BCUT2D eigenvalue weighted by Crippen LogP contribution is -2.21. The number of carbonyl (C=O) groups is 1. The summed E-state index contributed by atoms with van der Waals surface area (Å²) in [5.74, 6) is -0.177. The highest BCUT2D eigenvalue weighted by Gasteiger charge is 2.14. The first-order valence-electron chi connectivity index (χ1n) is 8.71. The van der Waals surface area contributed by atoms with Crippen molar-refractivity contribution in [1.29, 1.82) is 0 Å². The molecule has 0 radical (unpaired) electrons. The number of carboxylic acids is 1. The van der Waals surface area contributed by atoms with Gasteiger partial charge in [-0.05, 0) is 51.5 Å². The fraction of sp³-hybridized carbons (Fsp3) is 0.250. The van der Waals surface area contributed by atoms with E-state index >= 15 is 0 Å². The molecule has 7 heteroatoms. The number of rotatable bonds is 6. The molecule has 1 aromatic carbocycles. The van der Waals surface area contributed by atoms with Gasteiger partial charge in [0.1, 0.15) is 5.82 Å². The Kier molecular flexibility index (Phi) is 5.12. The number of carboxylic acid groups (broad SMARTS) is 1. The molecule has 0 aliphatic heterocycles. The van der Waals surface area contributed by atoms with Crippen molar-refractivity contribution in [1.82, 2.24) is 14.3 Å². The Balaban J connectivity index is 1.81. The van der Waals surface area contributed by atoms with Gasteiger partial charge in [-0.3, -0.25) is 5.43 Å². The zero-order valence-electron chi connectivity index (χ0n) is 15.8. The van der Waals surface area contributed by atoms with Crippen molar-refractivity contribution < 1.29 is 9.90 Å². The van der Waals surface area contributed by atoms with E-state index in [0.29, 0.717) is 5.69 Å². The quantitative estimate of drug-likeness (QED) is 0.538. The molecule has 0 aliphatic carbocycles. The normalized spacial score (nSPS) is 11.4. The zero-order chi connectivity index (χ0) is 19.6. The van der Waals surface area contributed by atoms with Gasteiger partial charge in [-0.15, -0.1) is 0 Å². The smallest absolute Gasteiger partial charge is 0.135 e. The predicted molar refractivity (Wildman–Crippen MR) is 103 cm³/mol. The van der Waals surface area contributed by atoms with E-state index in [1.54, 1.807) is 24.5 Å². The molecule has 0 unspecified atom stereocenters. The number of hydrazone groups is 1. The molecule has 1 N–H and O–H groups in total. The van der Waals surface area contributed by atoms with E-state index in [2.05, 4.69) is 40.1 Å². The van der Waals surface area contributed by atoms with E-state index in [9.17, 15) is 9.90 Å². The highest BCUT2D eigenvalue weighted by molar-refractivity contribution is 5.86. The van der Waals surface area contributed by atoms with Crippen LogP contribution < -0.4 is 10.5 Å². The van der Waals surface area contributed by atoms with Crippen molar-refractivity contribution in [3.63, 3.8) is 0 Å². The molecule has 2 aromatic heterocycles. The average Bonchev–Trinajstić information content (AvgIpc) is 3.20. The highest BCUT2D eigenvalue weighted by atomic mass is 16.4. The van der Waals surface area contributed by atoms with Crippen LogP contribution in [0, 0.1) is 13.8 Å². The summed E-state index contributed by atoms with van der Waals surface area (Å²) < 4.78 is 4.14. The van der Waals surface area contributed by atoms with Gasteiger partial charge in [-0.1, -0.05) is 12.1 Å². The maximum Gasteiger partial charge on any atom is 0.135 e. The number of carbonyl (C=O) groups excluding carboxylic acids is 1. The first kappa shape index (κ1) is 18.4. The Morgan fingerprint density at radius 3 is 2.56 bits per heavy atom. The van der Waals surface area contributed by atoms with Crippen LogP contribution in [0.5, 0.6) is 0 Å². The van der Waals surface area contributed by atoms with Crippen molar-refractivity contribution in [2.75, 3.05) is 5.43 Å². The third-order valence-corrected chi connectivity index (χ3v) is 4.36. The van der Waals surface area contributed by atoms with Gasteiger partial charge in [0, 0.05) is 29.1 Å². The summed E-state index contributed by atoms with van der Waals surface area (Å²) in [4.78, 5) is 10.8. The number of anilines is 1. The fourth-order valence-corrected chi connectivity index (χ4v) is 3.01. The van der Waals surface area contributed by atoms with Gasteiger partial charge in [0.2, 0.25) is 0 Å². The van der Waals surface area contributed by atoms with Crippen molar-refractivity contribution in [2.45, 2.75) is 33.7 Å². The van der Waals surface area contributed by atoms with Gasteiger partial charge >= 0.3 is 0 Å². The van der Waals surface area contributed by atoms with Crippen LogP contribution in [0.4, 0.5) is 5.69 Å². The minimum absolute atomic E-state index is 0.134. The predicted octanol–water partition coefficient (Wildman–Crippen LogP) is 2.68. The Bertz CT molecular complexity index is 980. The average molecular weight is 364 g/mol. The van der Waals surface area contributed by atoms with Gasteiger partial charge < -0.3 is 14.5 Å². The van der Waals surface area contributed by atoms with E-state index in [-0.39, 0.29) is 11.6 Å². The number of aryl methyl sites for hydroxylation is 1. The molecule has 0 amide bonds. The molecular weight excluding hydrogens is 342 g/mol. The fourth-order valence-electron chi connectivity index (χ4n) is 3.01. The summed E-state index contributed by atoms with van der Waals surface area (Å²) in [6, 6.07) is 10.6. The summed E-state index contributed by atoms with van der Waals surface area (Å²) in [6.45, 7) is 8.29. The molecule has 0 fully saturated rings. The lowest BCUT2D eigenvalue weighted by molar-refractivity contribution is -0.255. The summed E-state index contributed by atoms with van der Waals surface area (Å²) in [5, 5.41) is 19.5. The second-order valence-corrected chi connectivity index (χ2v) is 6.62. The Morgan fingerprint density at radius 1 is 1.22 bits per heavy atom. The first-order chi connectivity index (χ1) is 12.9. The van der Waals surface area contributed by atoms with Crippen LogP contribution in [0.1, 0.15) is 47.2 Å². The van der Waals surface area contributed by atoms with E-state index in [1.807, 2.05) is 24.6 Å². The Hall–Kier alpha value is -3.35. The molecule has 7 nitrogen and oxygen atoms in total. The summed E-state index contributed by atoms with van der Waals surface area (Å²) in [5.41, 5.74) is 6.88. The Morgan fingerprint density at radius 2 is 1.93 bits per heavy atom. The number of hydrogen-bond donors (Lipinski definition) is 1. The standard InChI is InChI=1S/C20H23N5O2/c1-13(2)25-19(9-10-22-25)24-14(3)11-17(15(24)4)12-21-23-18-7-5-16(6-8-18)20(26)27/h5-13,23H,1-4H3,(H,26,27)/p-1/b21-12-.